The van der Waals surface area contributed by atoms with Gasteiger partial charge in [-0.1, -0.05) is 18.2 Å². The number of aryl methyl sites for hydroxylation is 2. The first-order valence-corrected chi connectivity index (χ1v) is 14.7. The van der Waals surface area contributed by atoms with Crippen LogP contribution in [0.1, 0.15) is 42.4 Å². The van der Waals surface area contributed by atoms with Crippen LogP contribution in [0.5, 0.6) is 5.75 Å². The zero-order valence-electron chi connectivity index (χ0n) is 25.0. The number of ether oxygens (including phenoxy) is 1. The van der Waals surface area contributed by atoms with Crippen LogP contribution in [0.25, 0.3) is 16.7 Å². The predicted molar refractivity (Wildman–Crippen MR) is 165 cm³/mol. The monoisotopic (exact) mass is 568 g/mol. The number of rotatable bonds is 10. The molecule has 3 heterocycles. The minimum atomic E-state index is -0.488. The predicted octanol–water partition coefficient (Wildman–Crippen LogP) is 3.83. The topological polar surface area (TPSA) is 92.6 Å². The molecule has 0 spiro atoms. The van der Waals surface area contributed by atoms with E-state index in [-0.39, 0.29) is 17.9 Å². The van der Waals surface area contributed by atoms with Gasteiger partial charge in [0.1, 0.15) is 11.6 Å². The largest absolute Gasteiger partial charge is 0.494 e. The van der Waals surface area contributed by atoms with Crippen LogP contribution in [0.15, 0.2) is 65.6 Å². The number of pyridine rings is 1. The van der Waals surface area contributed by atoms with Gasteiger partial charge in [0, 0.05) is 45.5 Å². The van der Waals surface area contributed by atoms with Gasteiger partial charge < -0.3 is 15.0 Å². The van der Waals surface area contributed by atoms with E-state index in [2.05, 4.69) is 41.2 Å². The molecule has 5 rings (SSSR count). The lowest BCUT2D eigenvalue weighted by atomic mass is 10.0. The molecule has 220 valence electrons. The fourth-order valence-corrected chi connectivity index (χ4v) is 5.47. The first kappa shape index (κ1) is 29.4. The van der Waals surface area contributed by atoms with E-state index in [1.54, 1.807) is 22.9 Å². The summed E-state index contributed by atoms with van der Waals surface area (Å²) in [6.45, 7) is 13.6. The third kappa shape index (κ3) is 6.53. The van der Waals surface area contributed by atoms with Crippen molar-refractivity contribution < 1.29 is 9.53 Å². The highest BCUT2D eigenvalue weighted by Gasteiger charge is 2.28. The van der Waals surface area contributed by atoms with E-state index in [1.165, 1.54) is 5.56 Å². The first-order chi connectivity index (χ1) is 20.4. The van der Waals surface area contributed by atoms with Gasteiger partial charge in [0.15, 0.2) is 5.65 Å². The van der Waals surface area contributed by atoms with Crippen molar-refractivity contribution in [2.45, 2.75) is 40.2 Å². The Labute approximate surface area is 247 Å². The van der Waals surface area contributed by atoms with Crippen molar-refractivity contribution >= 4 is 16.9 Å². The molecule has 0 bridgehead atoms. The fraction of sp³-hybridized carbons (Fsp3) is 0.394. The van der Waals surface area contributed by atoms with Crippen LogP contribution in [0.2, 0.25) is 0 Å². The van der Waals surface area contributed by atoms with Gasteiger partial charge in [-0.2, -0.15) is 0 Å². The van der Waals surface area contributed by atoms with Crippen molar-refractivity contribution in [3.63, 3.8) is 0 Å². The Morgan fingerprint density at radius 2 is 1.83 bits per heavy atom. The van der Waals surface area contributed by atoms with Crippen LogP contribution in [0, 0.1) is 13.8 Å². The van der Waals surface area contributed by atoms with Gasteiger partial charge in [0.25, 0.3) is 5.56 Å². The number of carbonyl (C=O) groups is 1. The summed E-state index contributed by atoms with van der Waals surface area (Å²) >= 11 is 0. The van der Waals surface area contributed by atoms with Gasteiger partial charge in [-0.3, -0.25) is 19.1 Å². The molecule has 1 aliphatic heterocycles. The van der Waals surface area contributed by atoms with E-state index in [9.17, 15) is 9.59 Å². The molecular weight excluding hydrogens is 528 g/mol. The zero-order valence-corrected chi connectivity index (χ0v) is 25.0. The summed E-state index contributed by atoms with van der Waals surface area (Å²) in [6.07, 6.45) is 1.91. The second-order valence-electron chi connectivity index (χ2n) is 10.9. The number of aromatic nitrogens is 3. The number of hydrogen-bond acceptors (Lipinski definition) is 7. The maximum atomic E-state index is 14.1. The molecule has 1 N–H and O–H groups in total. The highest BCUT2D eigenvalue weighted by Crippen LogP contribution is 2.25. The standard InChI is InChI=1S/C33H40N6O3/c1-5-42-28-12-10-27(11-13-28)39-32(36-31-29(33(39)41)7-6-14-35-31)25(4)38(20-19-37-17-15-34-16-18-37)30(40)22-26-9-8-23(2)24(3)21-26/h6-14,21,25,34H,5,15-20,22H2,1-4H3/t25-/m1/s1. The molecule has 4 aromatic rings. The Hall–Kier alpha value is -4.08. The average molecular weight is 569 g/mol. The lowest BCUT2D eigenvalue weighted by Gasteiger charge is -2.34. The summed E-state index contributed by atoms with van der Waals surface area (Å²) < 4.78 is 7.25. The highest BCUT2D eigenvalue weighted by atomic mass is 16.5. The van der Waals surface area contributed by atoms with Gasteiger partial charge in [-0.25, -0.2) is 9.97 Å². The smallest absolute Gasteiger partial charge is 0.267 e. The lowest BCUT2D eigenvalue weighted by Crippen LogP contribution is -2.48. The van der Waals surface area contributed by atoms with E-state index >= 15 is 0 Å². The molecule has 42 heavy (non-hydrogen) atoms. The third-order valence-corrected chi connectivity index (χ3v) is 8.03. The number of carbonyl (C=O) groups excluding carboxylic acids is 1. The summed E-state index contributed by atoms with van der Waals surface area (Å²) in [4.78, 5) is 41.6. The fourth-order valence-electron chi connectivity index (χ4n) is 5.47. The minimum absolute atomic E-state index is 0.00509. The summed E-state index contributed by atoms with van der Waals surface area (Å²) in [5.74, 6) is 1.19. The number of amides is 1. The zero-order chi connectivity index (χ0) is 29.6. The molecule has 1 amide bonds. The van der Waals surface area contributed by atoms with Crippen molar-refractivity contribution in [1.29, 1.82) is 0 Å². The molecule has 1 fully saturated rings. The van der Waals surface area contributed by atoms with E-state index in [0.29, 0.717) is 35.7 Å². The number of fused-ring (bicyclic) bond motifs is 1. The molecule has 0 radical (unpaired) electrons. The number of nitrogens with one attached hydrogen (secondary N) is 1. The molecule has 0 unspecified atom stereocenters. The quantitative estimate of drug-likeness (QED) is 0.311. The lowest BCUT2D eigenvalue weighted by molar-refractivity contribution is -0.133. The summed E-state index contributed by atoms with van der Waals surface area (Å²) in [5.41, 5.74) is 4.14. The van der Waals surface area contributed by atoms with E-state index < -0.39 is 6.04 Å². The summed E-state index contributed by atoms with van der Waals surface area (Å²) in [6, 6.07) is 16.6. The minimum Gasteiger partial charge on any atom is -0.494 e. The second kappa shape index (κ2) is 13.3. The Morgan fingerprint density at radius 1 is 1.07 bits per heavy atom. The first-order valence-electron chi connectivity index (χ1n) is 14.7. The summed E-state index contributed by atoms with van der Waals surface area (Å²) in [7, 11) is 0. The highest BCUT2D eigenvalue weighted by molar-refractivity contribution is 5.79. The molecule has 9 nitrogen and oxygen atoms in total. The van der Waals surface area contributed by atoms with Crippen LogP contribution < -0.4 is 15.6 Å². The molecule has 0 aliphatic carbocycles. The van der Waals surface area contributed by atoms with Gasteiger partial charge in [0.05, 0.1) is 30.1 Å². The van der Waals surface area contributed by atoms with Gasteiger partial charge in [-0.05, 0) is 80.8 Å². The Morgan fingerprint density at radius 3 is 2.55 bits per heavy atom. The normalized spacial score (nSPS) is 14.6. The molecule has 9 heteroatoms. The number of nitrogens with zero attached hydrogens (tertiary/aromatic N) is 5. The van der Waals surface area contributed by atoms with Crippen LogP contribution >= 0.6 is 0 Å². The molecule has 1 atom stereocenters. The summed E-state index contributed by atoms with van der Waals surface area (Å²) in [5, 5.41) is 3.82. The van der Waals surface area contributed by atoms with E-state index in [0.717, 1.165) is 49.6 Å². The molecule has 1 saturated heterocycles. The second-order valence-corrected chi connectivity index (χ2v) is 10.9. The van der Waals surface area contributed by atoms with Crippen molar-refractivity contribution in [3.8, 4) is 11.4 Å². The molecule has 1 aliphatic rings. The average Bonchev–Trinajstić information content (AvgIpc) is 3.00. The number of benzene rings is 2. The Kier molecular flexibility index (Phi) is 9.29. The van der Waals surface area contributed by atoms with Crippen molar-refractivity contribution in [2.75, 3.05) is 45.9 Å². The van der Waals surface area contributed by atoms with Crippen molar-refractivity contribution in [1.82, 2.24) is 29.7 Å². The van der Waals surface area contributed by atoms with Crippen molar-refractivity contribution in [2.24, 2.45) is 0 Å². The number of piperazine rings is 1. The molecule has 0 saturated carbocycles. The SMILES string of the molecule is CCOc1ccc(-n2c([C@@H](C)N(CCN3CCNCC3)C(=O)Cc3ccc(C)c(C)c3)nc3ncccc3c2=O)cc1. The third-order valence-electron chi connectivity index (χ3n) is 8.03. The van der Waals surface area contributed by atoms with Gasteiger partial charge in [0.2, 0.25) is 5.91 Å². The molecular formula is C33H40N6O3. The van der Waals surface area contributed by atoms with Gasteiger partial charge in [-0.15, -0.1) is 0 Å². The Balaban J connectivity index is 1.56. The van der Waals surface area contributed by atoms with E-state index in [1.807, 2.05) is 49.1 Å². The van der Waals surface area contributed by atoms with Crippen LogP contribution in [0.3, 0.4) is 0 Å². The molecule has 2 aromatic carbocycles. The molecule has 2 aromatic heterocycles. The Bertz CT molecular complexity index is 1590. The van der Waals surface area contributed by atoms with Crippen LogP contribution in [-0.4, -0.2) is 76.1 Å². The van der Waals surface area contributed by atoms with Crippen LogP contribution in [-0.2, 0) is 11.2 Å². The maximum Gasteiger partial charge on any atom is 0.267 e. The van der Waals surface area contributed by atoms with Crippen molar-refractivity contribution in [3.05, 3.63) is 93.7 Å². The van der Waals surface area contributed by atoms with E-state index in [4.69, 9.17) is 9.72 Å². The number of hydrogen-bond donors (Lipinski definition) is 1. The van der Waals surface area contributed by atoms with Crippen LogP contribution in [0.4, 0.5) is 0 Å². The maximum absolute atomic E-state index is 14.1. The van der Waals surface area contributed by atoms with Gasteiger partial charge >= 0.3 is 0 Å².